The molecule has 0 aliphatic heterocycles. The van der Waals surface area contributed by atoms with E-state index in [0.717, 1.165) is 5.56 Å². The highest BCUT2D eigenvalue weighted by Crippen LogP contribution is 2.31. The Morgan fingerprint density at radius 2 is 1.75 bits per heavy atom. The van der Waals surface area contributed by atoms with Crippen LogP contribution < -0.4 is 14.8 Å². The standard InChI is InChI=1S/C19H23NO4/c1-19(2,3)12-6-9-16(21)14(10-12)18(22)20-15-8-7-13(23-4)11-17(15)24-5/h6-11,21H,1-5H3,(H,20,22). The van der Waals surface area contributed by atoms with Gasteiger partial charge >= 0.3 is 0 Å². The van der Waals surface area contributed by atoms with Gasteiger partial charge in [-0.1, -0.05) is 26.8 Å². The molecule has 0 aliphatic carbocycles. The van der Waals surface area contributed by atoms with E-state index in [1.165, 1.54) is 7.11 Å². The van der Waals surface area contributed by atoms with Crippen molar-refractivity contribution in [3.8, 4) is 17.2 Å². The minimum Gasteiger partial charge on any atom is -0.507 e. The van der Waals surface area contributed by atoms with Crippen molar-refractivity contribution in [2.75, 3.05) is 19.5 Å². The summed E-state index contributed by atoms with van der Waals surface area (Å²) in [5.41, 5.74) is 1.57. The molecule has 0 aliphatic rings. The third-order valence-corrected chi connectivity index (χ3v) is 3.76. The molecule has 2 aromatic carbocycles. The molecular weight excluding hydrogens is 306 g/mol. The molecular formula is C19H23NO4. The van der Waals surface area contributed by atoms with Crippen LogP contribution in [0, 0.1) is 0 Å². The summed E-state index contributed by atoms with van der Waals surface area (Å²) in [4.78, 5) is 12.6. The summed E-state index contributed by atoms with van der Waals surface area (Å²) in [7, 11) is 3.07. The molecule has 1 amide bonds. The van der Waals surface area contributed by atoms with Gasteiger partial charge in [0, 0.05) is 6.07 Å². The quantitative estimate of drug-likeness (QED) is 0.891. The van der Waals surface area contributed by atoms with Crippen molar-refractivity contribution in [1.29, 1.82) is 0 Å². The zero-order chi connectivity index (χ0) is 17.9. The van der Waals surface area contributed by atoms with Crippen molar-refractivity contribution in [3.05, 3.63) is 47.5 Å². The van der Waals surface area contributed by atoms with Gasteiger partial charge in [-0.3, -0.25) is 4.79 Å². The summed E-state index contributed by atoms with van der Waals surface area (Å²) in [5.74, 6) is 0.645. The predicted molar refractivity (Wildman–Crippen MR) is 94.3 cm³/mol. The van der Waals surface area contributed by atoms with Crippen LogP contribution in [0.4, 0.5) is 5.69 Å². The topological polar surface area (TPSA) is 67.8 Å². The number of carbonyl (C=O) groups is 1. The Morgan fingerprint density at radius 1 is 1.04 bits per heavy atom. The van der Waals surface area contributed by atoms with E-state index in [0.29, 0.717) is 17.2 Å². The number of aromatic hydroxyl groups is 1. The van der Waals surface area contributed by atoms with Gasteiger partial charge in [-0.25, -0.2) is 0 Å². The molecule has 0 spiro atoms. The van der Waals surface area contributed by atoms with Crippen molar-refractivity contribution in [1.82, 2.24) is 0 Å². The number of anilines is 1. The first-order valence-corrected chi connectivity index (χ1v) is 7.63. The second kappa shape index (κ2) is 6.83. The summed E-state index contributed by atoms with van der Waals surface area (Å²) < 4.78 is 10.4. The normalized spacial score (nSPS) is 11.0. The summed E-state index contributed by atoms with van der Waals surface area (Å²) in [6.45, 7) is 6.15. The highest BCUT2D eigenvalue weighted by atomic mass is 16.5. The van der Waals surface area contributed by atoms with Crippen LogP contribution in [0.5, 0.6) is 17.2 Å². The fraction of sp³-hybridized carbons (Fsp3) is 0.316. The lowest BCUT2D eigenvalue weighted by molar-refractivity contribution is 0.102. The molecule has 0 radical (unpaired) electrons. The van der Waals surface area contributed by atoms with Crippen LogP contribution in [0.3, 0.4) is 0 Å². The maximum Gasteiger partial charge on any atom is 0.259 e. The van der Waals surface area contributed by atoms with Crippen LogP contribution in [0.15, 0.2) is 36.4 Å². The van der Waals surface area contributed by atoms with Gasteiger partial charge in [0.1, 0.15) is 17.2 Å². The number of phenols is 1. The van der Waals surface area contributed by atoms with Crippen molar-refractivity contribution in [3.63, 3.8) is 0 Å². The first kappa shape index (κ1) is 17.7. The second-order valence-corrected chi connectivity index (χ2v) is 6.50. The third-order valence-electron chi connectivity index (χ3n) is 3.76. The fourth-order valence-electron chi connectivity index (χ4n) is 2.28. The molecule has 128 valence electrons. The highest BCUT2D eigenvalue weighted by Gasteiger charge is 2.19. The zero-order valence-electron chi connectivity index (χ0n) is 14.6. The Balaban J connectivity index is 2.34. The molecule has 0 heterocycles. The molecule has 5 heteroatoms. The number of benzene rings is 2. The molecule has 0 saturated carbocycles. The average Bonchev–Trinajstić information content (AvgIpc) is 2.54. The molecule has 0 aromatic heterocycles. The van der Waals surface area contributed by atoms with Crippen LogP contribution in [-0.2, 0) is 5.41 Å². The number of amides is 1. The van der Waals surface area contributed by atoms with E-state index < -0.39 is 5.91 Å². The molecule has 0 fully saturated rings. The van der Waals surface area contributed by atoms with Gasteiger partial charge < -0.3 is 19.9 Å². The summed E-state index contributed by atoms with van der Waals surface area (Å²) in [6.07, 6.45) is 0. The van der Waals surface area contributed by atoms with Crippen LogP contribution in [0.2, 0.25) is 0 Å². The van der Waals surface area contributed by atoms with Crippen molar-refractivity contribution >= 4 is 11.6 Å². The number of ether oxygens (including phenoxy) is 2. The SMILES string of the molecule is COc1ccc(NC(=O)c2cc(C(C)(C)C)ccc2O)c(OC)c1. The Kier molecular flexibility index (Phi) is 5.02. The first-order valence-electron chi connectivity index (χ1n) is 7.63. The lowest BCUT2D eigenvalue weighted by Gasteiger charge is -2.20. The Bertz CT molecular complexity index is 748. The third kappa shape index (κ3) is 3.79. The lowest BCUT2D eigenvalue weighted by atomic mass is 9.86. The maximum atomic E-state index is 12.6. The Labute approximate surface area is 142 Å². The van der Waals surface area contributed by atoms with Gasteiger partial charge in [0.05, 0.1) is 25.5 Å². The number of nitrogens with one attached hydrogen (secondary N) is 1. The Morgan fingerprint density at radius 3 is 2.33 bits per heavy atom. The van der Waals surface area contributed by atoms with E-state index in [-0.39, 0.29) is 16.7 Å². The van der Waals surface area contributed by atoms with E-state index in [1.807, 2.05) is 26.8 Å². The minimum absolute atomic E-state index is 0.0621. The van der Waals surface area contributed by atoms with Crippen molar-refractivity contribution in [2.45, 2.75) is 26.2 Å². The monoisotopic (exact) mass is 329 g/mol. The van der Waals surface area contributed by atoms with Crippen LogP contribution in [0.25, 0.3) is 0 Å². The Hall–Kier alpha value is -2.69. The van der Waals surface area contributed by atoms with E-state index >= 15 is 0 Å². The molecule has 2 aromatic rings. The number of phenolic OH excluding ortho intramolecular Hbond substituents is 1. The summed E-state index contributed by atoms with van der Waals surface area (Å²) in [6, 6.07) is 10.2. The highest BCUT2D eigenvalue weighted by molar-refractivity contribution is 6.07. The van der Waals surface area contributed by atoms with Gasteiger partial charge in [-0.15, -0.1) is 0 Å². The lowest BCUT2D eigenvalue weighted by Crippen LogP contribution is -2.16. The molecule has 5 nitrogen and oxygen atoms in total. The number of carbonyl (C=O) groups excluding carboxylic acids is 1. The molecule has 0 bridgehead atoms. The van der Waals surface area contributed by atoms with E-state index in [4.69, 9.17) is 9.47 Å². The molecule has 24 heavy (non-hydrogen) atoms. The fourth-order valence-corrected chi connectivity index (χ4v) is 2.28. The summed E-state index contributed by atoms with van der Waals surface area (Å²) >= 11 is 0. The zero-order valence-corrected chi connectivity index (χ0v) is 14.6. The number of rotatable bonds is 4. The molecule has 0 unspecified atom stereocenters. The molecule has 2 N–H and O–H groups in total. The first-order chi connectivity index (χ1) is 11.3. The van der Waals surface area contributed by atoms with Gasteiger partial charge in [0.15, 0.2) is 0 Å². The van der Waals surface area contributed by atoms with Crippen LogP contribution in [-0.4, -0.2) is 25.2 Å². The van der Waals surface area contributed by atoms with Gasteiger partial charge in [0.2, 0.25) is 0 Å². The maximum absolute atomic E-state index is 12.6. The minimum atomic E-state index is -0.401. The van der Waals surface area contributed by atoms with E-state index in [1.54, 1.807) is 37.4 Å². The number of hydrogen-bond acceptors (Lipinski definition) is 4. The second-order valence-electron chi connectivity index (χ2n) is 6.50. The van der Waals surface area contributed by atoms with Crippen molar-refractivity contribution in [2.24, 2.45) is 0 Å². The van der Waals surface area contributed by atoms with Crippen molar-refractivity contribution < 1.29 is 19.4 Å². The van der Waals surface area contributed by atoms with E-state index in [9.17, 15) is 9.90 Å². The van der Waals surface area contributed by atoms with Gasteiger partial charge in [-0.2, -0.15) is 0 Å². The number of hydrogen-bond donors (Lipinski definition) is 2. The molecule has 0 saturated heterocycles. The van der Waals surface area contributed by atoms with Gasteiger partial charge in [0.25, 0.3) is 5.91 Å². The molecule has 0 atom stereocenters. The summed E-state index contributed by atoms with van der Waals surface area (Å²) in [5, 5.41) is 12.8. The molecule has 2 rings (SSSR count). The largest absolute Gasteiger partial charge is 0.507 e. The van der Waals surface area contributed by atoms with Crippen LogP contribution in [0.1, 0.15) is 36.7 Å². The van der Waals surface area contributed by atoms with E-state index in [2.05, 4.69) is 5.32 Å². The van der Waals surface area contributed by atoms with Crippen LogP contribution >= 0.6 is 0 Å². The van der Waals surface area contributed by atoms with Gasteiger partial charge in [-0.05, 0) is 35.2 Å². The predicted octanol–water partition coefficient (Wildman–Crippen LogP) is 3.96. The number of methoxy groups -OCH3 is 2. The average molecular weight is 329 g/mol. The smallest absolute Gasteiger partial charge is 0.259 e.